The molecule has 1 unspecified atom stereocenters. The summed E-state index contributed by atoms with van der Waals surface area (Å²) in [6, 6.07) is -0.302. The Labute approximate surface area is 90.9 Å². The van der Waals surface area contributed by atoms with Crippen LogP contribution in [0, 0.1) is 0 Å². The van der Waals surface area contributed by atoms with Gasteiger partial charge in [-0.3, -0.25) is 4.79 Å². The molecule has 15 heavy (non-hydrogen) atoms. The van der Waals surface area contributed by atoms with Gasteiger partial charge in [0.25, 0.3) is 0 Å². The second kappa shape index (κ2) is 8.64. The standard InChI is InChI=1S/C10H21NO4/c1-4-14-10(15-5-2)8(11)6-7-9(12)13-3/h8,10H,4-7,11H2,1-3H3. The van der Waals surface area contributed by atoms with Gasteiger partial charge in [0.15, 0.2) is 6.29 Å². The van der Waals surface area contributed by atoms with Crippen molar-refractivity contribution in [2.75, 3.05) is 20.3 Å². The van der Waals surface area contributed by atoms with Gasteiger partial charge in [0.05, 0.1) is 13.2 Å². The summed E-state index contributed by atoms with van der Waals surface area (Å²) in [5, 5.41) is 0. The molecule has 0 amide bonds. The highest BCUT2D eigenvalue weighted by Gasteiger charge is 2.19. The molecule has 0 aliphatic rings. The lowest BCUT2D eigenvalue weighted by Gasteiger charge is -2.23. The molecule has 0 aromatic rings. The highest BCUT2D eigenvalue weighted by Crippen LogP contribution is 2.06. The number of hydrogen-bond acceptors (Lipinski definition) is 5. The predicted molar refractivity (Wildman–Crippen MR) is 56.3 cm³/mol. The molecule has 0 aromatic carbocycles. The van der Waals surface area contributed by atoms with Gasteiger partial charge in [-0.15, -0.1) is 0 Å². The van der Waals surface area contributed by atoms with Crippen LogP contribution in [0.2, 0.25) is 0 Å². The lowest BCUT2D eigenvalue weighted by Crippen LogP contribution is -2.39. The molecule has 5 heteroatoms. The first kappa shape index (κ1) is 14.3. The van der Waals surface area contributed by atoms with Crippen molar-refractivity contribution < 1.29 is 19.0 Å². The van der Waals surface area contributed by atoms with E-state index in [1.807, 2.05) is 13.8 Å². The van der Waals surface area contributed by atoms with E-state index >= 15 is 0 Å². The summed E-state index contributed by atoms with van der Waals surface area (Å²) >= 11 is 0. The van der Waals surface area contributed by atoms with E-state index in [4.69, 9.17) is 15.2 Å². The molecule has 0 saturated heterocycles. The third-order valence-corrected chi connectivity index (χ3v) is 1.92. The van der Waals surface area contributed by atoms with Gasteiger partial charge in [0, 0.05) is 19.6 Å². The number of methoxy groups -OCH3 is 1. The molecule has 90 valence electrons. The average Bonchev–Trinajstić information content (AvgIpc) is 2.25. The van der Waals surface area contributed by atoms with E-state index in [-0.39, 0.29) is 18.4 Å². The van der Waals surface area contributed by atoms with Crippen molar-refractivity contribution in [3.63, 3.8) is 0 Å². The van der Waals surface area contributed by atoms with Crippen molar-refractivity contribution in [1.29, 1.82) is 0 Å². The lowest BCUT2D eigenvalue weighted by atomic mass is 10.1. The number of nitrogens with two attached hydrogens (primary N) is 1. The van der Waals surface area contributed by atoms with Crippen LogP contribution in [-0.4, -0.2) is 38.6 Å². The Morgan fingerprint density at radius 1 is 1.27 bits per heavy atom. The first-order valence-corrected chi connectivity index (χ1v) is 5.21. The second-order valence-corrected chi connectivity index (χ2v) is 3.06. The zero-order chi connectivity index (χ0) is 11.7. The summed E-state index contributed by atoms with van der Waals surface area (Å²) in [5.74, 6) is -0.266. The Bertz CT molecular complexity index is 169. The van der Waals surface area contributed by atoms with Crippen LogP contribution in [0.15, 0.2) is 0 Å². The Kier molecular flexibility index (Phi) is 8.27. The van der Waals surface area contributed by atoms with Gasteiger partial charge < -0.3 is 19.9 Å². The molecule has 2 N–H and O–H groups in total. The van der Waals surface area contributed by atoms with Crippen LogP contribution >= 0.6 is 0 Å². The Morgan fingerprint density at radius 3 is 2.20 bits per heavy atom. The van der Waals surface area contributed by atoms with Crippen molar-refractivity contribution in [2.45, 2.75) is 39.0 Å². The van der Waals surface area contributed by atoms with Crippen LogP contribution in [0.5, 0.6) is 0 Å². The molecule has 0 saturated carbocycles. The molecule has 0 bridgehead atoms. The van der Waals surface area contributed by atoms with Gasteiger partial charge in [-0.05, 0) is 20.3 Å². The van der Waals surface area contributed by atoms with Crippen molar-refractivity contribution in [3.05, 3.63) is 0 Å². The predicted octanol–water partition coefficient (Wildman–Crippen LogP) is 0.666. The minimum absolute atomic E-state index is 0.266. The number of carbonyl (C=O) groups is 1. The molecular formula is C10H21NO4. The number of ether oxygens (including phenoxy) is 3. The van der Waals surface area contributed by atoms with Gasteiger partial charge in [-0.2, -0.15) is 0 Å². The van der Waals surface area contributed by atoms with E-state index in [9.17, 15) is 4.79 Å². The fraction of sp³-hybridized carbons (Fsp3) is 0.900. The topological polar surface area (TPSA) is 70.8 Å². The number of esters is 1. The summed E-state index contributed by atoms with van der Waals surface area (Å²) < 4.78 is 15.1. The zero-order valence-corrected chi connectivity index (χ0v) is 9.69. The normalized spacial score (nSPS) is 12.9. The molecule has 1 atom stereocenters. The van der Waals surface area contributed by atoms with E-state index in [2.05, 4.69) is 4.74 Å². The molecule has 0 radical (unpaired) electrons. The number of hydrogen-bond donors (Lipinski definition) is 1. The Morgan fingerprint density at radius 2 is 1.80 bits per heavy atom. The van der Waals surface area contributed by atoms with Crippen LogP contribution in [0.1, 0.15) is 26.7 Å². The number of rotatable bonds is 8. The van der Waals surface area contributed by atoms with Crippen molar-refractivity contribution in [1.82, 2.24) is 0 Å². The average molecular weight is 219 g/mol. The first-order chi connectivity index (χ1) is 7.15. The summed E-state index contributed by atoms with van der Waals surface area (Å²) in [6.45, 7) is 4.82. The molecule has 0 heterocycles. The maximum Gasteiger partial charge on any atom is 0.305 e. The van der Waals surface area contributed by atoms with Crippen LogP contribution in [0.25, 0.3) is 0 Å². The van der Waals surface area contributed by atoms with E-state index < -0.39 is 6.29 Å². The Balaban J connectivity index is 3.89. The van der Waals surface area contributed by atoms with Gasteiger partial charge in [-0.25, -0.2) is 0 Å². The van der Waals surface area contributed by atoms with E-state index in [1.165, 1.54) is 7.11 Å². The van der Waals surface area contributed by atoms with Gasteiger partial charge >= 0.3 is 5.97 Å². The second-order valence-electron chi connectivity index (χ2n) is 3.06. The molecule has 0 fully saturated rings. The monoisotopic (exact) mass is 219 g/mol. The largest absolute Gasteiger partial charge is 0.469 e. The molecule has 5 nitrogen and oxygen atoms in total. The summed E-state index contributed by atoms with van der Waals surface area (Å²) in [4.78, 5) is 10.9. The molecule has 0 rings (SSSR count). The molecule has 0 aromatic heterocycles. The van der Waals surface area contributed by atoms with Crippen molar-refractivity contribution >= 4 is 5.97 Å². The lowest BCUT2D eigenvalue weighted by molar-refractivity contribution is -0.152. The molecule has 0 aliphatic carbocycles. The first-order valence-electron chi connectivity index (χ1n) is 5.21. The highest BCUT2D eigenvalue weighted by atomic mass is 16.7. The highest BCUT2D eigenvalue weighted by molar-refractivity contribution is 5.69. The van der Waals surface area contributed by atoms with Gasteiger partial charge in [0.2, 0.25) is 0 Å². The third kappa shape index (κ3) is 6.43. The van der Waals surface area contributed by atoms with Gasteiger partial charge in [-0.1, -0.05) is 0 Å². The maximum atomic E-state index is 10.9. The SMILES string of the molecule is CCOC(OCC)C(N)CCC(=O)OC. The van der Waals surface area contributed by atoms with Crippen LogP contribution in [-0.2, 0) is 19.0 Å². The smallest absolute Gasteiger partial charge is 0.305 e. The fourth-order valence-electron chi connectivity index (χ4n) is 1.15. The quantitative estimate of drug-likeness (QED) is 0.480. The number of carbonyl (C=O) groups excluding carboxylic acids is 1. The molecular weight excluding hydrogens is 198 g/mol. The minimum atomic E-state index is -0.440. The van der Waals surface area contributed by atoms with Crippen LogP contribution in [0.4, 0.5) is 0 Å². The minimum Gasteiger partial charge on any atom is -0.469 e. The Hall–Kier alpha value is -0.650. The summed E-state index contributed by atoms with van der Waals surface area (Å²) in [7, 11) is 1.36. The van der Waals surface area contributed by atoms with Crippen molar-refractivity contribution in [2.24, 2.45) is 5.73 Å². The molecule has 0 spiro atoms. The van der Waals surface area contributed by atoms with E-state index in [0.717, 1.165) is 0 Å². The van der Waals surface area contributed by atoms with E-state index in [1.54, 1.807) is 0 Å². The fourth-order valence-corrected chi connectivity index (χ4v) is 1.15. The van der Waals surface area contributed by atoms with Crippen LogP contribution < -0.4 is 5.73 Å². The summed E-state index contributed by atoms with van der Waals surface area (Å²) in [5.41, 5.74) is 5.84. The maximum absolute atomic E-state index is 10.9. The van der Waals surface area contributed by atoms with Gasteiger partial charge in [0.1, 0.15) is 0 Å². The zero-order valence-electron chi connectivity index (χ0n) is 9.69. The van der Waals surface area contributed by atoms with Crippen LogP contribution in [0.3, 0.4) is 0 Å². The summed E-state index contributed by atoms with van der Waals surface area (Å²) in [6.07, 6.45) is 0.343. The van der Waals surface area contributed by atoms with Crippen molar-refractivity contribution in [3.8, 4) is 0 Å². The third-order valence-electron chi connectivity index (χ3n) is 1.92. The van der Waals surface area contributed by atoms with E-state index in [0.29, 0.717) is 19.6 Å². The molecule has 0 aliphatic heterocycles.